The van der Waals surface area contributed by atoms with Crippen molar-refractivity contribution in [2.45, 2.75) is 37.9 Å². The summed E-state index contributed by atoms with van der Waals surface area (Å²) in [6.45, 7) is 0. The number of amidine groups is 1. The Balaban J connectivity index is 2.35. The maximum absolute atomic E-state index is 13.2. The maximum Gasteiger partial charge on any atom is 0.419 e. The molecular formula is C13H15F4N3. The average molecular weight is 289 g/mol. The topological polar surface area (TPSA) is 50.4 Å². The molecule has 3 N–H and O–H groups in total. The molecule has 3 nitrogen and oxygen atoms in total. The first-order valence-corrected chi connectivity index (χ1v) is 6.33. The van der Waals surface area contributed by atoms with Crippen LogP contribution in [-0.2, 0) is 6.18 Å². The first-order chi connectivity index (χ1) is 9.41. The number of alkyl halides is 3. The first-order valence-electron chi connectivity index (χ1n) is 6.33. The van der Waals surface area contributed by atoms with Gasteiger partial charge in [-0.1, -0.05) is 12.8 Å². The zero-order chi connectivity index (χ0) is 14.8. The molecule has 7 heteroatoms. The number of nitrogens with one attached hydrogen (secondary N) is 1. The van der Waals surface area contributed by atoms with Gasteiger partial charge in [-0.3, -0.25) is 4.99 Å². The Morgan fingerprint density at radius 1 is 1.25 bits per heavy atom. The second-order valence-corrected chi connectivity index (χ2v) is 4.75. The summed E-state index contributed by atoms with van der Waals surface area (Å²) < 4.78 is 51.2. The Kier molecular flexibility index (Phi) is 4.27. The molecule has 1 saturated carbocycles. The number of rotatable bonds is 2. The summed E-state index contributed by atoms with van der Waals surface area (Å²) in [7, 11) is 0. The number of aliphatic imine (C=N–C) groups is 1. The zero-order valence-corrected chi connectivity index (χ0v) is 10.7. The van der Waals surface area contributed by atoms with Gasteiger partial charge in [0.05, 0.1) is 11.6 Å². The van der Waals surface area contributed by atoms with Crippen molar-refractivity contribution in [3.63, 3.8) is 0 Å². The Morgan fingerprint density at radius 2 is 1.90 bits per heavy atom. The molecule has 0 saturated heterocycles. The van der Waals surface area contributed by atoms with Gasteiger partial charge in [-0.15, -0.1) is 0 Å². The smallest absolute Gasteiger partial charge is 0.308 e. The summed E-state index contributed by atoms with van der Waals surface area (Å²) in [6, 6.07) is 2.79. The Hall–Kier alpha value is -1.63. The van der Waals surface area contributed by atoms with E-state index in [4.69, 9.17) is 5.84 Å². The molecule has 1 aliphatic carbocycles. The van der Waals surface area contributed by atoms with Crippen LogP contribution in [0.3, 0.4) is 0 Å². The van der Waals surface area contributed by atoms with E-state index in [1.807, 2.05) is 0 Å². The summed E-state index contributed by atoms with van der Waals surface area (Å²) in [6.07, 6.45) is -0.878. The quantitative estimate of drug-likeness (QED) is 0.289. The fraction of sp³-hybridized carbons (Fsp3) is 0.462. The minimum absolute atomic E-state index is 0.0560. The average Bonchev–Trinajstić information content (AvgIpc) is 2.88. The molecule has 0 amide bonds. The molecule has 0 unspecified atom stereocenters. The number of benzene rings is 1. The largest absolute Gasteiger partial charge is 0.419 e. The van der Waals surface area contributed by atoms with E-state index in [1.165, 1.54) is 6.07 Å². The molecular weight excluding hydrogens is 274 g/mol. The predicted molar refractivity (Wildman–Crippen MR) is 67.5 cm³/mol. The van der Waals surface area contributed by atoms with Crippen LogP contribution in [-0.4, -0.2) is 11.9 Å². The minimum Gasteiger partial charge on any atom is -0.308 e. The summed E-state index contributed by atoms with van der Waals surface area (Å²) in [5.74, 6) is 4.17. The normalized spacial score (nSPS) is 17.6. The lowest BCUT2D eigenvalue weighted by Crippen LogP contribution is -2.32. The van der Waals surface area contributed by atoms with Crippen LogP contribution in [0.15, 0.2) is 23.2 Å². The Bertz CT molecular complexity index is 505. The molecule has 0 bridgehead atoms. The fourth-order valence-corrected chi connectivity index (χ4v) is 2.30. The highest BCUT2D eigenvalue weighted by Crippen LogP contribution is 2.32. The number of nitrogens with two attached hydrogens (primary N) is 1. The standard InChI is InChI=1S/C13H15F4N3/c14-11-6-5-8(7-10(11)13(15,16)17)12(20-18)19-9-3-1-2-4-9/h5-7,9H,1-4,18H2,(H,19,20). The van der Waals surface area contributed by atoms with Crippen molar-refractivity contribution in [3.05, 3.63) is 35.1 Å². The number of hydrazine groups is 1. The van der Waals surface area contributed by atoms with E-state index in [0.29, 0.717) is 0 Å². The van der Waals surface area contributed by atoms with Gasteiger partial charge in [-0.25, -0.2) is 10.2 Å². The molecule has 0 spiro atoms. The van der Waals surface area contributed by atoms with Crippen LogP contribution in [0.25, 0.3) is 0 Å². The molecule has 1 aliphatic rings. The Labute approximate surface area is 113 Å². The third kappa shape index (κ3) is 3.27. The molecule has 1 aromatic rings. The van der Waals surface area contributed by atoms with Gasteiger partial charge in [0.25, 0.3) is 0 Å². The number of hydrogen-bond acceptors (Lipinski definition) is 2. The SMILES string of the molecule is NNC(=NC1CCCC1)c1ccc(F)c(C(F)(F)F)c1. The van der Waals surface area contributed by atoms with Gasteiger partial charge < -0.3 is 5.43 Å². The molecule has 0 radical (unpaired) electrons. The third-order valence-corrected chi connectivity index (χ3v) is 3.32. The summed E-state index contributed by atoms with van der Waals surface area (Å²) in [4.78, 5) is 4.31. The van der Waals surface area contributed by atoms with Crippen molar-refractivity contribution < 1.29 is 17.6 Å². The highest BCUT2D eigenvalue weighted by Gasteiger charge is 2.34. The fourth-order valence-electron chi connectivity index (χ4n) is 2.30. The lowest BCUT2D eigenvalue weighted by Gasteiger charge is -2.13. The second kappa shape index (κ2) is 5.78. The number of nitrogens with zero attached hydrogens (tertiary/aromatic N) is 1. The van der Waals surface area contributed by atoms with Crippen LogP contribution in [0, 0.1) is 5.82 Å². The van der Waals surface area contributed by atoms with Gasteiger partial charge >= 0.3 is 6.18 Å². The molecule has 1 fully saturated rings. The predicted octanol–water partition coefficient (Wildman–Crippen LogP) is 3.00. The summed E-state index contributed by atoms with van der Waals surface area (Å²) in [5.41, 5.74) is 1.12. The molecule has 20 heavy (non-hydrogen) atoms. The van der Waals surface area contributed by atoms with Crippen LogP contribution in [0.1, 0.15) is 36.8 Å². The van der Waals surface area contributed by atoms with E-state index < -0.39 is 17.6 Å². The molecule has 0 aliphatic heterocycles. The second-order valence-electron chi connectivity index (χ2n) is 4.75. The molecule has 1 aromatic carbocycles. The summed E-state index contributed by atoms with van der Waals surface area (Å²) >= 11 is 0. The zero-order valence-electron chi connectivity index (χ0n) is 10.7. The lowest BCUT2D eigenvalue weighted by molar-refractivity contribution is -0.140. The van der Waals surface area contributed by atoms with Crippen molar-refractivity contribution in [1.82, 2.24) is 5.43 Å². The van der Waals surface area contributed by atoms with Crippen LogP contribution < -0.4 is 11.3 Å². The van der Waals surface area contributed by atoms with Crippen LogP contribution in [0.5, 0.6) is 0 Å². The van der Waals surface area contributed by atoms with Crippen molar-refractivity contribution in [3.8, 4) is 0 Å². The van der Waals surface area contributed by atoms with E-state index in [-0.39, 0.29) is 17.4 Å². The van der Waals surface area contributed by atoms with Crippen LogP contribution >= 0.6 is 0 Å². The van der Waals surface area contributed by atoms with Crippen LogP contribution in [0.2, 0.25) is 0 Å². The van der Waals surface area contributed by atoms with Gasteiger partial charge in [0.2, 0.25) is 0 Å². The van der Waals surface area contributed by atoms with Gasteiger partial charge in [-0.05, 0) is 31.0 Å². The monoisotopic (exact) mass is 289 g/mol. The van der Waals surface area contributed by atoms with Gasteiger partial charge in [0.1, 0.15) is 11.7 Å². The first kappa shape index (κ1) is 14.8. The highest BCUT2D eigenvalue weighted by molar-refractivity contribution is 5.98. The molecule has 0 aromatic heterocycles. The maximum atomic E-state index is 13.2. The van der Waals surface area contributed by atoms with E-state index in [1.54, 1.807) is 0 Å². The van der Waals surface area contributed by atoms with Gasteiger partial charge in [-0.2, -0.15) is 13.2 Å². The van der Waals surface area contributed by atoms with Crippen molar-refractivity contribution in [2.24, 2.45) is 10.8 Å². The van der Waals surface area contributed by atoms with E-state index in [2.05, 4.69) is 10.4 Å². The number of hydrogen-bond donors (Lipinski definition) is 2. The summed E-state index contributed by atoms with van der Waals surface area (Å²) in [5, 5.41) is 0. The Morgan fingerprint density at radius 3 is 2.45 bits per heavy atom. The van der Waals surface area contributed by atoms with E-state index in [0.717, 1.165) is 37.8 Å². The third-order valence-electron chi connectivity index (χ3n) is 3.32. The number of halogens is 4. The van der Waals surface area contributed by atoms with Crippen LogP contribution in [0.4, 0.5) is 17.6 Å². The van der Waals surface area contributed by atoms with E-state index >= 15 is 0 Å². The minimum atomic E-state index is -4.74. The van der Waals surface area contributed by atoms with Gasteiger partial charge in [0, 0.05) is 5.56 Å². The van der Waals surface area contributed by atoms with E-state index in [9.17, 15) is 17.6 Å². The lowest BCUT2D eigenvalue weighted by atomic mass is 10.1. The molecule has 0 heterocycles. The molecule has 2 rings (SSSR count). The van der Waals surface area contributed by atoms with Crippen molar-refractivity contribution in [1.29, 1.82) is 0 Å². The van der Waals surface area contributed by atoms with Gasteiger partial charge in [0.15, 0.2) is 0 Å². The molecule has 0 atom stereocenters. The van der Waals surface area contributed by atoms with Crippen molar-refractivity contribution >= 4 is 5.84 Å². The highest BCUT2D eigenvalue weighted by atomic mass is 19.4. The van der Waals surface area contributed by atoms with Crippen molar-refractivity contribution in [2.75, 3.05) is 0 Å². The molecule has 110 valence electrons.